The highest BCUT2D eigenvalue weighted by molar-refractivity contribution is 6.10. The van der Waals surface area contributed by atoms with Crippen LogP contribution in [0.25, 0.3) is 10.9 Å². The van der Waals surface area contributed by atoms with E-state index in [-0.39, 0.29) is 30.3 Å². The molecule has 1 aromatic heterocycles. The number of hydrogen-bond acceptors (Lipinski definition) is 4. The number of hydrogen-bond donors (Lipinski definition) is 2. The summed E-state index contributed by atoms with van der Waals surface area (Å²) in [6.07, 6.45) is 4.43. The van der Waals surface area contributed by atoms with Gasteiger partial charge in [-0.2, -0.15) is 0 Å². The largest absolute Gasteiger partial charge is 0.348 e. The van der Waals surface area contributed by atoms with Gasteiger partial charge in [-0.15, -0.1) is 0 Å². The Morgan fingerprint density at radius 2 is 1.75 bits per heavy atom. The molecule has 1 aromatic carbocycles. The zero-order chi connectivity index (χ0) is 26.1. The van der Waals surface area contributed by atoms with Gasteiger partial charge < -0.3 is 25.0 Å². The van der Waals surface area contributed by atoms with Crippen LogP contribution >= 0.6 is 0 Å². The third-order valence-electron chi connectivity index (χ3n) is 7.11. The number of benzene rings is 1. The molecule has 8 heteroatoms. The number of ketones is 1. The predicted molar refractivity (Wildman–Crippen MR) is 144 cm³/mol. The van der Waals surface area contributed by atoms with Crippen LogP contribution in [0.5, 0.6) is 0 Å². The summed E-state index contributed by atoms with van der Waals surface area (Å²) in [5.74, 6) is -0.215. The average molecular weight is 492 g/mol. The molecule has 3 amide bonds. The summed E-state index contributed by atoms with van der Waals surface area (Å²) in [5, 5.41) is 6.84. The second-order valence-electron chi connectivity index (χ2n) is 10.4. The number of carbonyl (C=O) groups is 3. The first-order valence-corrected chi connectivity index (χ1v) is 12.6. The summed E-state index contributed by atoms with van der Waals surface area (Å²) >= 11 is 0. The molecule has 36 heavy (non-hydrogen) atoms. The molecule has 0 atom stereocenters. The summed E-state index contributed by atoms with van der Waals surface area (Å²) in [5.41, 5.74) is 5.52. The van der Waals surface area contributed by atoms with Crippen molar-refractivity contribution in [3.8, 4) is 0 Å². The number of aromatic nitrogens is 1. The van der Waals surface area contributed by atoms with Crippen LogP contribution in [0.15, 0.2) is 41.1 Å². The molecular formula is C28H37N5O3. The molecule has 0 bridgehead atoms. The second-order valence-corrected chi connectivity index (χ2v) is 10.4. The fourth-order valence-corrected chi connectivity index (χ4v) is 5.07. The van der Waals surface area contributed by atoms with Crippen LogP contribution in [0.3, 0.4) is 0 Å². The first kappa shape index (κ1) is 25.7. The number of rotatable bonds is 5. The molecule has 1 saturated heterocycles. The van der Waals surface area contributed by atoms with Crippen LogP contribution in [0.4, 0.5) is 10.5 Å². The lowest BCUT2D eigenvalue weighted by Gasteiger charge is -2.32. The van der Waals surface area contributed by atoms with Crippen LogP contribution in [0.2, 0.25) is 0 Å². The van der Waals surface area contributed by atoms with Crippen molar-refractivity contribution in [2.24, 2.45) is 0 Å². The van der Waals surface area contributed by atoms with E-state index in [0.29, 0.717) is 36.3 Å². The van der Waals surface area contributed by atoms with Gasteiger partial charge in [0.1, 0.15) is 0 Å². The van der Waals surface area contributed by atoms with Crippen LogP contribution in [0.1, 0.15) is 56.1 Å². The van der Waals surface area contributed by atoms with Crippen LogP contribution in [-0.2, 0) is 4.79 Å². The molecule has 0 spiro atoms. The molecule has 8 nitrogen and oxygen atoms in total. The normalized spacial score (nSPS) is 17.1. The van der Waals surface area contributed by atoms with Gasteiger partial charge in [-0.25, -0.2) is 4.79 Å². The van der Waals surface area contributed by atoms with E-state index in [1.165, 1.54) is 0 Å². The van der Waals surface area contributed by atoms with Gasteiger partial charge >= 0.3 is 6.03 Å². The van der Waals surface area contributed by atoms with Gasteiger partial charge in [-0.05, 0) is 64.9 Å². The molecule has 2 N–H and O–H groups in total. The number of nitrogens with one attached hydrogen (secondary N) is 2. The molecule has 0 radical (unpaired) electrons. The minimum Gasteiger partial charge on any atom is -0.348 e. The first-order valence-electron chi connectivity index (χ1n) is 12.6. The van der Waals surface area contributed by atoms with Crippen molar-refractivity contribution in [3.63, 3.8) is 0 Å². The number of aryl methyl sites for hydroxylation is 1. The Labute approximate surface area is 213 Å². The minimum atomic E-state index is -0.264. The molecule has 2 aliphatic rings. The summed E-state index contributed by atoms with van der Waals surface area (Å²) in [6.45, 7) is 13.2. The maximum atomic E-state index is 13.5. The number of carbonyl (C=O) groups excluding carboxylic acids is 3. The highest BCUT2D eigenvalue weighted by atomic mass is 16.2. The number of nitrogens with zero attached hydrogens (tertiary/aromatic N) is 3. The lowest BCUT2D eigenvalue weighted by Crippen LogP contribution is -2.48. The molecular weight excluding hydrogens is 454 g/mol. The number of Topliss-reactive ketones (excluding diaryl/α,β-unsaturated/α-hetero) is 1. The summed E-state index contributed by atoms with van der Waals surface area (Å²) in [6, 6.07) is 3.71. The minimum absolute atomic E-state index is 0.0493. The van der Waals surface area contributed by atoms with Crippen molar-refractivity contribution in [1.29, 1.82) is 0 Å². The molecule has 0 unspecified atom stereocenters. The van der Waals surface area contributed by atoms with Crippen LogP contribution < -0.4 is 10.6 Å². The third-order valence-corrected chi connectivity index (χ3v) is 7.11. The first-order chi connectivity index (χ1) is 17.0. The van der Waals surface area contributed by atoms with E-state index in [1.807, 2.05) is 46.2 Å². The molecule has 2 heterocycles. The van der Waals surface area contributed by atoms with E-state index in [0.717, 1.165) is 40.7 Å². The Morgan fingerprint density at radius 3 is 2.39 bits per heavy atom. The summed E-state index contributed by atoms with van der Waals surface area (Å²) in [4.78, 5) is 43.0. The van der Waals surface area contributed by atoms with Gasteiger partial charge in [0.05, 0.1) is 11.1 Å². The van der Waals surface area contributed by atoms with Gasteiger partial charge in [-0.1, -0.05) is 11.6 Å². The van der Waals surface area contributed by atoms with Gasteiger partial charge in [0, 0.05) is 68.0 Å². The van der Waals surface area contributed by atoms with Crippen molar-refractivity contribution in [2.75, 3.05) is 45.1 Å². The second kappa shape index (κ2) is 10.3. The average Bonchev–Trinajstić information content (AvgIpc) is 3.14. The lowest BCUT2D eigenvalue weighted by atomic mass is 9.92. The van der Waals surface area contributed by atoms with E-state index < -0.39 is 0 Å². The Kier molecular flexibility index (Phi) is 7.36. The quantitative estimate of drug-likeness (QED) is 0.654. The molecule has 2 aromatic rings. The van der Waals surface area contributed by atoms with E-state index in [9.17, 15) is 14.4 Å². The maximum absolute atomic E-state index is 13.5. The zero-order valence-corrected chi connectivity index (χ0v) is 22.2. The number of anilines is 1. The Balaban J connectivity index is 1.65. The van der Waals surface area contributed by atoms with Crippen molar-refractivity contribution in [2.45, 2.75) is 47.1 Å². The number of amides is 3. The zero-order valence-electron chi connectivity index (χ0n) is 22.2. The molecule has 192 valence electrons. The van der Waals surface area contributed by atoms with E-state index in [1.54, 1.807) is 11.0 Å². The standard InChI is InChI=1S/C28H37N5O3/c1-17(2)33-16-20(5)26-22(27(35)29-15-23-19(4)11-18(3)12-25(23)34)13-21(14-24(26)33)30-28(36)32-9-7-31(6)8-10-32/h11,13-14,16-17H,7-10,12,15H2,1-6H3,(H,29,35)(H,30,36). The third kappa shape index (κ3) is 5.23. The number of likely N-dealkylation sites (N-methyl/N-ethyl adjacent to an activating group) is 1. The number of fused-ring (bicyclic) bond motifs is 1. The monoisotopic (exact) mass is 491 g/mol. The molecule has 1 fully saturated rings. The molecule has 1 aliphatic heterocycles. The fraction of sp³-hybridized carbons (Fsp3) is 0.464. The number of urea groups is 1. The van der Waals surface area contributed by atoms with Crippen molar-refractivity contribution in [3.05, 3.63) is 52.3 Å². The Hall–Kier alpha value is -3.39. The van der Waals surface area contributed by atoms with Crippen LogP contribution in [-0.4, -0.2) is 71.9 Å². The van der Waals surface area contributed by atoms with Crippen molar-refractivity contribution < 1.29 is 14.4 Å². The number of piperazine rings is 1. The van der Waals surface area contributed by atoms with Crippen molar-refractivity contribution in [1.82, 2.24) is 19.7 Å². The van der Waals surface area contributed by atoms with Gasteiger partial charge in [0.25, 0.3) is 5.91 Å². The number of allylic oxidation sites excluding steroid dienone is 3. The van der Waals surface area contributed by atoms with E-state index in [4.69, 9.17) is 0 Å². The summed E-state index contributed by atoms with van der Waals surface area (Å²) < 4.78 is 2.12. The smallest absolute Gasteiger partial charge is 0.321 e. The van der Waals surface area contributed by atoms with Gasteiger partial charge in [-0.3, -0.25) is 9.59 Å². The van der Waals surface area contributed by atoms with Gasteiger partial charge in [0.15, 0.2) is 5.78 Å². The SMILES string of the molecule is CC1=CC(C)=C(CNC(=O)c2cc(NC(=O)N3CCN(C)CC3)cc3c2c(C)cn3C(C)C)C(=O)C1. The van der Waals surface area contributed by atoms with E-state index in [2.05, 4.69) is 33.9 Å². The molecule has 4 rings (SSSR count). The summed E-state index contributed by atoms with van der Waals surface area (Å²) in [7, 11) is 2.05. The van der Waals surface area contributed by atoms with Crippen LogP contribution in [0, 0.1) is 6.92 Å². The topological polar surface area (TPSA) is 86.7 Å². The predicted octanol–water partition coefficient (Wildman–Crippen LogP) is 4.28. The Morgan fingerprint density at radius 1 is 1.06 bits per heavy atom. The Bertz CT molecular complexity index is 1280. The molecule has 0 saturated carbocycles. The lowest BCUT2D eigenvalue weighted by molar-refractivity contribution is -0.115. The van der Waals surface area contributed by atoms with Gasteiger partial charge in [0.2, 0.25) is 0 Å². The maximum Gasteiger partial charge on any atom is 0.321 e. The highest BCUT2D eigenvalue weighted by Gasteiger charge is 2.23. The highest BCUT2D eigenvalue weighted by Crippen LogP contribution is 2.31. The molecule has 1 aliphatic carbocycles. The van der Waals surface area contributed by atoms with Crippen molar-refractivity contribution >= 4 is 34.3 Å². The fourth-order valence-electron chi connectivity index (χ4n) is 5.07. The van der Waals surface area contributed by atoms with E-state index >= 15 is 0 Å².